The van der Waals surface area contributed by atoms with Gasteiger partial charge in [-0.1, -0.05) is 0 Å². The molecular weight excluding hydrogens is 254 g/mol. The molecule has 1 spiro atoms. The first-order valence-electron chi connectivity index (χ1n) is 5.50. The summed E-state index contributed by atoms with van der Waals surface area (Å²) in [6.07, 6.45) is 1.22. The van der Waals surface area contributed by atoms with Crippen molar-refractivity contribution in [1.29, 1.82) is 0 Å². The lowest BCUT2D eigenvalue weighted by Crippen LogP contribution is -2.50. The van der Waals surface area contributed by atoms with E-state index in [4.69, 9.17) is 0 Å². The summed E-state index contributed by atoms with van der Waals surface area (Å²) < 4.78 is 3.61. The Bertz CT molecular complexity index is 387. The lowest BCUT2D eigenvalue weighted by molar-refractivity contribution is 0.268. The van der Waals surface area contributed by atoms with E-state index in [0.717, 1.165) is 19.6 Å². The molecule has 0 aliphatic carbocycles. The van der Waals surface area contributed by atoms with Crippen molar-refractivity contribution in [3.63, 3.8) is 0 Å². The van der Waals surface area contributed by atoms with Gasteiger partial charge in [-0.25, -0.2) is 0 Å². The van der Waals surface area contributed by atoms with Crippen LogP contribution in [0.5, 0.6) is 0 Å². The molecular formula is C11H16BrN3. The molecule has 3 nitrogen and oxygen atoms in total. The minimum Gasteiger partial charge on any atom is -0.336 e. The summed E-state index contributed by atoms with van der Waals surface area (Å²) in [4.78, 5) is 2.41. The Hall–Kier alpha value is -0.320. The van der Waals surface area contributed by atoms with Gasteiger partial charge in [-0.3, -0.25) is 0 Å². The van der Waals surface area contributed by atoms with Crippen LogP contribution in [0.1, 0.15) is 12.1 Å². The Morgan fingerprint density at radius 3 is 3.00 bits per heavy atom. The molecule has 0 radical (unpaired) electrons. The van der Waals surface area contributed by atoms with Gasteiger partial charge in [-0.2, -0.15) is 0 Å². The molecule has 1 aromatic rings. The van der Waals surface area contributed by atoms with Gasteiger partial charge in [0.1, 0.15) is 0 Å². The van der Waals surface area contributed by atoms with Crippen molar-refractivity contribution in [2.75, 3.05) is 26.7 Å². The summed E-state index contributed by atoms with van der Waals surface area (Å²) in [7, 11) is 2.20. The van der Waals surface area contributed by atoms with E-state index >= 15 is 0 Å². The topological polar surface area (TPSA) is 20.2 Å². The second-order valence-electron chi connectivity index (χ2n) is 4.69. The quantitative estimate of drug-likeness (QED) is 0.768. The van der Waals surface area contributed by atoms with Gasteiger partial charge >= 0.3 is 0 Å². The van der Waals surface area contributed by atoms with Crippen LogP contribution in [0, 0.1) is 0 Å². The maximum absolute atomic E-state index is 3.71. The fourth-order valence-corrected chi connectivity index (χ4v) is 3.44. The van der Waals surface area contributed by atoms with Crippen LogP contribution < -0.4 is 5.32 Å². The highest BCUT2D eigenvalue weighted by Crippen LogP contribution is 2.35. The van der Waals surface area contributed by atoms with Gasteiger partial charge < -0.3 is 14.8 Å². The Labute approximate surface area is 98.6 Å². The number of halogens is 1. The molecule has 15 heavy (non-hydrogen) atoms. The monoisotopic (exact) mass is 269 g/mol. The lowest BCUT2D eigenvalue weighted by atomic mass is 9.92. The third kappa shape index (κ3) is 1.39. The highest BCUT2D eigenvalue weighted by atomic mass is 79.9. The Morgan fingerprint density at radius 1 is 1.40 bits per heavy atom. The highest BCUT2D eigenvalue weighted by molar-refractivity contribution is 9.10. The predicted molar refractivity (Wildman–Crippen MR) is 63.9 cm³/mol. The number of fused-ring (bicyclic) bond motifs is 2. The number of nitrogens with one attached hydrogen (secondary N) is 1. The summed E-state index contributed by atoms with van der Waals surface area (Å²) in [6.45, 7) is 4.47. The average Bonchev–Trinajstić information content (AvgIpc) is 2.75. The van der Waals surface area contributed by atoms with E-state index in [9.17, 15) is 0 Å². The summed E-state index contributed by atoms with van der Waals surface area (Å²) in [5, 5.41) is 3.71. The van der Waals surface area contributed by atoms with Crippen LogP contribution in [0.25, 0.3) is 0 Å². The maximum Gasteiger partial charge on any atom is 0.0849 e. The van der Waals surface area contributed by atoms with E-state index in [-0.39, 0.29) is 5.54 Å². The second-order valence-corrected chi connectivity index (χ2v) is 5.50. The molecule has 0 amide bonds. The smallest absolute Gasteiger partial charge is 0.0849 e. The number of hydrogen-bond donors (Lipinski definition) is 1. The van der Waals surface area contributed by atoms with Gasteiger partial charge in [-0.05, 0) is 41.5 Å². The van der Waals surface area contributed by atoms with Crippen molar-refractivity contribution in [2.45, 2.75) is 18.5 Å². The SMILES string of the molecule is CN1CCC2(C1)NCCn1c(Br)ccc12. The molecule has 3 heterocycles. The fraction of sp³-hybridized carbons (Fsp3) is 0.636. The third-order valence-electron chi connectivity index (χ3n) is 3.68. The van der Waals surface area contributed by atoms with Crippen molar-refractivity contribution in [3.05, 3.63) is 22.4 Å². The van der Waals surface area contributed by atoms with Gasteiger partial charge in [0, 0.05) is 31.9 Å². The molecule has 1 N–H and O–H groups in total. The van der Waals surface area contributed by atoms with Gasteiger partial charge in [0.25, 0.3) is 0 Å². The van der Waals surface area contributed by atoms with Gasteiger partial charge in [-0.15, -0.1) is 0 Å². The first-order chi connectivity index (χ1) is 7.21. The van der Waals surface area contributed by atoms with Gasteiger partial charge in [0.05, 0.1) is 10.1 Å². The molecule has 0 saturated carbocycles. The summed E-state index contributed by atoms with van der Waals surface area (Å²) >= 11 is 3.62. The van der Waals surface area contributed by atoms with E-state index in [1.54, 1.807) is 0 Å². The lowest BCUT2D eigenvalue weighted by Gasteiger charge is -2.36. The zero-order valence-corrected chi connectivity index (χ0v) is 10.5. The van der Waals surface area contributed by atoms with Gasteiger partial charge in [0.15, 0.2) is 0 Å². The zero-order valence-electron chi connectivity index (χ0n) is 8.96. The Morgan fingerprint density at radius 2 is 2.27 bits per heavy atom. The molecule has 1 saturated heterocycles. The minimum absolute atomic E-state index is 0.207. The van der Waals surface area contributed by atoms with Crippen LogP contribution in [0.3, 0.4) is 0 Å². The van der Waals surface area contributed by atoms with E-state index in [1.807, 2.05) is 0 Å². The first kappa shape index (κ1) is 9.87. The van der Waals surface area contributed by atoms with Crippen molar-refractivity contribution >= 4 is 15.9 Å². The van der Waals surface area contributed by atoms with Crippen LogP contribution in [-0.2, 0) is 12.1 Å². The Kier molecular flexibility index (Phi) is 2.20. The molecule has 1 atom stereocenters. The van der Waals surface area contributed by atoms with E-state index in [2.05, 4.69) is 49.9 Å². The summed E-state index contributed by atoms with van der Waals surface area (Å²) in [6, 6.07) is 4.43. The second kappa shape index (κ2) is 3.34. The maximum atomic E-state index is 3.71. The molecule has 2 aliphatic heterocycles. The van der Waals surface area contributed by atoms with Crippen LogP contribution in [0.15, 0.2) is 16.7 Å². The molecule has 1 fully saturated rings. The van der Waals surface area contributed by atoms with E-state index < -0.39 is 0 Å². The van der Waals surface area contributed by atoms with Crippen LogP contribution in [0.2, 0.25) is 0 Å². The van der Waals surface area contributed by atoms with Crippen molar-refractivity contribution in [1.82, 2.24) is 14.8 Å². The minimum atomic E-state index is 0.207. The number of nitrogens with zero attached hydrogens (tertiary/aromatic N) is 2. The third-order valence-corrected chi connectivity index (χ3v) is 4.37. The number of likely N-dealkylation sites (tertiary alicyclic amines) is 1. The highest BCUT2D eigenvalue weighted by Gasteiger charge is 2.41. The van der Waals surface area contributed by atoms with Crippen molar-refractivity contribution < 1.29 is 0 Å². The molecule has 2 aliphatic rings. The summed E-state index contributed by atoms with van der Waals surface area (Å²) in [5.74, 6) is 0. The van der Waals surface area contributed by atoms with Crippen molar-refractivity contribution in [3.8, 4) is 0 Å². The molecule has 1 aromatic heterocycles. The number of likely N-dealkylation sites (N-methyl/N-ethyl adjacent to an activating group) is 1. The van der Waals surface area contributed by atoms with E-state index in [0.29, 0.717) is 0 Å². The molecule has 82 valence electrons. The molecule has 0 bridgehead atoms. The largest absolute Gasteiger partial charge is 0.336 e. The van der Waals surface area contributed by atoms with Crippen LogP contribution >= 0.6 is 15.9 Å². The van der Waals surface area contributed by atoms with Gasteiger partial charge in [0.2, 0.25) is 0 Å². The fourth-order valence-electron chi connectivity index (χ4n) is 2.94. The average molecular weight is 270 g/mol. The number of aromatic nitrogens is 1. The Balaban J connectivity index is 2.06. The normalized spacial score (nSPS) is 31.1. The number of hydrogen-bond acceptors (Lipinski definition) is 2. The van der Waals surface area contributed by atoms with Crippen LogP contribution in [0.4, 0.5) is 0 Å². The van der Waals surface area contributed by atoms with E-state index in [1.165, 1.54) is 23.3 Å². The standard InChI is InChI=1S/C11H16BrN3/c1-14-6-4-11(8-14)9-2-3-10(12)15(9)7-5-13-11/h2-3,13H,4-8H2,1H3. The van der Waals surface area contributed by atoms with Crippen molar-refractivity contribution in [2.24, 2.45) is 0 Å². The number of rotatable bonds is 0. The predicted octanol–water partition coefficient (Wildman–Crippen LogP) is 1.38. The van der Waals surface area contributed by atoms with Crippen LogP contribution in [-0.4, -0.2) is 36.1 Å². The summed E-state index contributed by atoms with van der Waals surface area (Å²) in [5.41, 5.74) is 1.66. The molecule has 0 aromatic carbocycles. The zero-order chi connectivity index (χ0) is 10.5. The molecule has 1 unspecified atom stereocenters. The first-order valence-corrected chi connectivity index (χ1v) is 6.30. The molecule has 3 rings (SSSR count). The molecule has 4 heteroatoms.